The smallest absolute Gasteiger partial charge is 0.240 e. The minimum absolute atomic E-state index is 0.121. The quantitative estimate of drug-likeness (QED) is 0.448. The zero-order valence-corrected chi connectivity index (χ0v) is 10.1. The van der Waals surface area contributed by atoms with Crippen molar-refractivity contribution in [1.29, 1.82) is 0 Å². The van der Waals surface area contributed by atoms with E-state index in [-0.39, 0.29) is 18.9 Å². The lowest BCUT2D eigenvalue weighted by Gasteiger charge is -2.24. The monoisotopic (exact) mass is 249 g/mol. The lowest BCUT2D eigenvalue weighted by atomic mass is 10.1. The molecule has 0 radical (unpaired) electrons. The number of nitrogens with two attached hydrogens (primary N) is 1. The number of carbonyl (C=O) groups is 2. The zero-order valence-electron chi connectivity index (χ0n) is 10.1. The number of hydrogen-bond donors (Lipinski definition) is 1. The van der Waals surface area contributed by atoms with Gasteiger partial charge in [0, 0.05) is 24.1 Å². The highest BCUT2D eigenvalue weighted by Gasteiger charge is 2.26. The predicted octanol–water partition coefficient (Wildman–Crippen LogP) is 1.23. The van der Waals surface area contributed by atoms with E-state index in [0.29, 0.717) is 12.0 Å². The number of primary amides is 1. The van der Waals surface area contributed by atoms with Crippen molar-refractivity contribution in [1.82, 2.24) is 4.90 Å². The van der Waals surface area contributed by atoms with Crippen LogP contribution in [0.5, 0.6) is 0 Å². The van der Waals surface area contributed by atoms with Gasteiger partial charge in [-0.2, -0.15) is 0 Å². The number of amides is 2. The van der Waals surface area contributed by atoms with Gasteiger partial charge in [-0.15, -0.1) is 0 Å². The SMILES string of the molecule is CCC(C(N)=O)N1C=CC=C(CN=[N+]=[N-])CC1=O. The molecular formula is C11H15N5O2. The summed E-state index contributed by atoms with van der Waals surface area (Å²) in [5.74, 6) is -0.761. The first-order valence-corrected chi connectivity index (χ1v) is 5.57. The molecule has 0 saturated carbocycles. The third-order valence-electron chi connectivity index (χ3n) is 2.63. The maximum Gasteiger partial charge on any atom is 0.240 e. The van der Waals surface area contributed by atoms with Crippen molar-refractivity contribution in [2.24, 2.45) is 10.8 Å². The first-order valence-electron chi connectivity index (χ1n) is 5.57. The van der Waals surface area contributed by atoms with E-state index in [1.807, 2.05) is 0 Å². The van der Waals surface area contributed by atoms with Gasteiger partial charge in [0.1, 0.15) is 6.04 Å². The molecule has 1 aliphatic heterocycles. The van der Waals surface area contributed by atoms with E-state index in [1.165, 1.54) is 11.1 Å². The Bertz CT molecular complexity index is 448. The van der Waals surface area contributed by atoms with E-state index < -0.39 is 11.9 Å². The average Bonchev–Trinajstić information content (AvgIpc) is 2.50. The molecule has 0 spiro atoms. The van der Waals surface area contributed by atoms with Crippen LogP contribution in [0, 0.1) is 0 Å². The highest BCUT2D eigenvalue weighted by atomic mass is 16.2. The molecule has 1 atom stereocenters. The first-order chi connectivity index (χ1) is 8.60. The number of allylic oxidation sites excluding steroid dienone is 2. The largest absolute Gasteiger partial charge is 0.368 e. The highest BCUT2D eigenvalue weighted by Crippen LogP contribution is 2.15. The van der Waals surface area contributed by atoms with E-state index in [9.17, 15) is 9.59 Å². The van der Waals surface area contributed by atoms with Gasteiger partial charge < -0.3 is 10.6 Å². The van der Waals surface area contributed by atoms with Gasteiger partial charge in [0.2, 0.25) is 11.8 Å². The van der Waals surface area contributed by atoms with Gasteiger partial charge in [-0.3, -0.25) is 9.59 Å². The number of rotatable bonds is 5. The van der Waals surface area contributed by atoms with Gasteiger partial charge in [0.15, 0.2) is 0 Å². The number of azide groups is 1. The average molecular weight is 249 g/mol. The van der Waals surface area contributed by atoms with E-state index >= 15 is 0 Å². The minimum Gasteiger partial charge on any atom is -0.368 e. The van der Waals surface area contributed by atoms with Gasteiger partial charge in [-0.1, -0.05) is 23.7 Å². The van der Waals surface area contributed by atoms with Crippen LogP contribution in [-0.2, 0) is 9.59 Å². The molecular weight excluding hydrogens is 234 g/mol. The Kier molecular flexibility index (Phi) is 4.95. The topological polar surface area (TPSA) is 112 Å². The van der Waals surface area contributed by atoms with Gasteiger partial charge in [-0.05, 0) is 18.0 Å². The molecule has 2 amide bonds. The number of hydrogen-bond acceptors (Lipinski definition) is 3. The molecule has 1 heterocycles. The Balaban J connectivity index is 2.83. The molecule has 96 valence electrons. The van der Waals surface area contributed by atoms with Crippen LogP contribution < -0.4 is 5.73 Å². The highest BCUT2D eigenvalue weighted by molar-refractivity contribution is 5.88. The lowest BCUT2D eigenvalue weighted by molar-refractivity contribution is -0.135. The molecule has 0 aliphatic carbocycles. The summed E-state index contributed by atoms with van der Waals surface area (Å²) in [6.07, 6.45) is 5.47. The molecule has 2 N–H and O–H groups in total. The van der Waals surface area contributed by atoms with E-state index in [2.05, 4.69) is 10.0 Å². The maximum atomic E-state index is 12.0. The van der Waals surface area contributed by atoms with Gasteiger partial charge in [0.05, 0.1) is 0 Å². The summed E-state index contributed by atoms with van der Waals surface area (Å²) in [6.45, 7) is 1.93. The standard InChI is InChI=1S/C11H15N5O2/c1-2-9(11(12)18)16-5-3-4-8(6-10(16)17)7-14-15-13/h3-5,9H,2,6-7H2,1H3,(H2,12,18). The third-order valence-corrected chi connectivity index (χ3v) is 2.63. The van der Waals surface area contributed by atoms with E-state index in [4.69, 9.17) is 11.3 Å². The van der Waals surface area contributed by atoms with Crippen molar-refractivity contribution >= 4 is 11.8 Å². The fourth-order valence-electron chi connectivity index (χ4n) is 1.74. The molecule has 0 fully saturated rings. The Hall–Kier alpha value is -2.27. The van der Waals surface area contributed by atoms with Gasteiger partial charge in [-0.25, -0.2) is 0 Å². The Morgan fingerprint density at radius 2 is 2.44 bits per heavy atom. The Morgan fingerprint density at radius 3 is 3.00 bits per heavy atom. The fourth-order valence-corrected chi connectivity index (χ4v) is 1.74. The van der Waals surface area contributed by atoms with Crippen molar-refractivity contribution in [3.05, 3.63) is 34.4 Å². The number of carbonyl (C=O) groups excluding carboxylic acids is 2. The molecule has 0 aromatic heterocycles. The second kappa shape index (κ2) is 6.46. The van der Waals surface area contributed by atoms with Crippen LogP contribution in [0.2, 0.25) is 0 Å². The summed E-state index contributed by atoms with van der Waals surface area (Å²) in [6, 6.07) is -0.638. The second-order valence-electron chi connectivity index (χ2n) is 3.86. The molecule has 1 rings (SSSR count). The summed E-state index contributed by atoms with van der Waals surface area (Å²) in [7, 11) is 0. The maximum absolute atomic E-state index is 12.0. The molecule has 1 unspecified atom stereocenters. The summed E-state index contributed by atoms with van der Waals surface area (Å²) in [4.78, 5) is 27.2. The zero-order chi connectivity index (χ0) is 13.5. The molecule has 7 nitrogen and oxygen atoms in total. The van der Waals surface area contributed by atoms with E-state index in [1.54, 1.807) is 19.1 Å². The first kappa shape index (κ1) is 13.8. The van der Waals surface area contributed by atoms with Crippen LogP contribution in [0.15, 0.2) is 29.0 Å². The third kappa shape index (κ3) is 3.36. The summed E-state index contributed by atoms with van der Waals surface area (Å²) in [5, 5.41) is 3.41. The van der Waals surface area contributed by atoms with Crippen LogP contribution >= 0.6 is 0 Å². The molecule has 0 bridgehead atoms. The summed E-state index contributed by atoms with van der Waals surface area (Å²) >= 11 is 0. The minimum atomic E-state index is -0.638. The predicted molar refractivity (Wildman–Crippen MR) is 66.0 cm³/mol. The van der Waals surface area contributed by atoms with Crippen LogP contribution in [0.25, 0.3) is 10.4 Å². The normalized spacial score (nSPS) is 16.6. The summed E-state index contributed by atoms with van der Waals surface area (Å²) < 4.78 is 0. The van der Waals surface area contributed by atoms with Crippen molar-refractivity contribution in [2.75, 3.05) is 6.54 Å². The molecule has 0 aromatic rings. The second-order valence-corrected chi connectivity index (χ2v) is 3.86. The van der Waals surface area contributed by atoms with Crippen molar-refractivity contribution < 1.29 is 9.59 Å². The van der Waals surface area contributed by atoms with Crippen LogP contribution in [0.3, 0.4) is 0 Å². The van der Waals surface area contributed by atoms with Gasteiger partial charge >= 0.3 is 0 Å². The Labute approximate surface area is 105 Å². The van der Waals surface area contributed by atoms with Crippen molar-refractivity contribution in [2.45, 2.75) is 25.8 Å². The van der Waals surface area contributed by atoms with E-state index in [0.717, 1.165) is 0 Å². The molecule has 0 aromatic carbocycles. The summed E-state index contributed by atoms with van der Waals surface area (Å²) in [5.41, 5.74) is 14.2. The molecule has 0 saturated heterocycles. The molecule has 18 heavy (non-hydrogen) atoms. The van der Waals surface area contributed by atoms with Gasteiger partial charge in [0.25, 0.3) is 0 Å². The van der Waals surface area contributed by atoms with Crippen LogP contribution in [0.1, 0.15) is 19.8 Å². The van der Waals surface area contributed by atoms with Crippen molar-refractivity contribution in [3.8, 4) is 0 Å². The lowest BCUT2D eigenvalue weighted by Crippen LogP contribution is -2.44. The number of nitrogens with zero attached hydrogens (tertiary/aromatic N) is 4. The van der Waals surface area contributed by atoms with Crippen LogP contribution in [-0.4, -0.2) is 29.3 Å². The fraction of sp³-hybridized carbons (Fsp3) is 0.455. The van der Waals surface area contributed by atoms with Crippen molar-refractivity contribution in [3.63, 3.8) is 0 Å². The van der Waals surface area contributed by atoms with Crippen LogP contribution in [0.4, 0.5) is 0 Å². The Morgan fingerprint density at radius 1 is 1.72 bits per heavy atom. The molecule has 7 heteroatoms. The molecule has 1 aliphatic rings.